The van der Waals surface area contributed by atoms with Crippen LogP contribution in [0.1, 0.15) is 23.4 Å². The molecular weight excluding hydrogens is 395 g/mol. The van der Waals surface area contributed by atoms with Gasteiger partial charge in [0.15, 0.2) is 0 Å². The number of thioether (sulfide) groups is 1. The van der Waals surface area contributed by atoms with Gasteiger partial charge in [-0.1, -0.05) is 11.8 Å². The van der Waals surface area contributed by atoms with Crippen LogP contribution in [-0.4, -0.2) is 47.2 Å². The van der Waals surface area contributed by atoms with Crippen molar-refractivity contribution in [2.45, 2.75) is 24.4 Å². The fraction of sp³-hybridized carbons (Fsp3) is 0.400. The van der Waals surface area contributed by atoms with Crippen molar-refractivity contribution < 1.29 is 31.4 Å². The lowest BCUT2D eigenvalue weighted by molar-refractivity contribution is -0.176. The van der Waals surface area contributed by atoms with E-state index in [9.17, 15) is 22.0 Å². The molecule has 0 atom stereocenters. The van der Waals surface area contributed by atoms with E-state index in [2.05, 4.69) is 20.0 Å². The summed E-state index contributed by atoms with van der Waals surface area (Å²) in [7, 11) is 1.37. The van der Waals surface area contributed by atoms with Crippen LogP contribution in [0.5, 0.6) is 5.75 Å². The summed E-state index contributed by atoms with van der Waals surface area (Å²) in [6, 6.07) is 4.58. The van der Waals surface area contributed by atoms with Crippen LogP contribution < -0.4 is 4.74 Å². The molecule has 0 radical (unpaired) electrons. The smallest absolute Gasteiger partial charge is 0.411 e. The van der Waals surface area contributed by atoms with Crippen molar-refractivity contribution in [1.82, 2.24) is 14.9 Å². The first-order valence-corrected chi connectivity index (χ1v) is 8.61. The lowest BCUT2D eigenvalue weighted by Crippen LogP contribution is -2.16. The van der Waals surface area contributed by atoms with Crippen molar-refractivity contribution in [1.29, 1.82) is 0 Å². The van der Waals surface area contributed by atoms with Crippen LogP contribution in [0, 0.1) is 0 Å². The maximum Gasteiger partial charge on any atom is 0.411 e. The van der Waals surface area contributed by atoms with Gasteiger partial charge >= 0.3 is 6.18 Å². The Morgan fingerprint density at radius 1 is 1.30 bits per heavy atom. The number of halogens is 5. The van der Waals surface area contributed by atoms with E-state index in [0.717, 1.165) is 16.4 Å². The summed E-state index contributed by atoms with van der Waals surface area (Å²) in [6.07, 6.45) is -4.41. The molecule has 0 aliphatic rings. The number of ether oxygens (including phenoxy) is 2. The van der Waals surface area contributed by atoms with Gasteiger partial charge in [-0.05, 0) is 30.0 Å². The number of hydrogen-bond donors (Lipinski definition) is 0. The molecular formula is C15H15F5N4O2S. The zero-order valence-electron chi connectivity index (χ0n) is 14.2. The van der Waals surface area contributed by atoms with E-state index < -0.39 is 25.0 Å². The molecule has 0 spiro atoms. The average molecular weight is 410 g/mol. The summed E-state index contributed by atoms with van der Waals surface area (Å²) in [6.45, 7) is -1.74. The molecule has 0 fully saturated rings. The highest BCUT2D eigenvalue weighted by Gasteiger charge is 2.27. The Hall–Kier alpha value is -2.21. The van der Waals surface area contributed by atoms with Gasteiger partial charge in [-0.3, -0.25) is 0 Å². The molecule has 0 saturated carbocycles. The zero-order valence-corrected chi connectivity index (χ0v) is 15.0. The first-order chi connectivity index (χ1) is 12.7. The van der Waals surface area contributed by atoms with Crippen molar-refractivity contribution in [3.63, 3.8) is 0 Å². The Balaban J connectivity index is 2.23. The zero-order chi connectivity index (χ0) is 20.0. The van der Waals surface area contributed by atoms with Crippen LogP contribution in [0.2, 0.25) is 0 Å². The van der Waals surface area contributed by atoms with Crippen molar-refractivity contribution >= 4 is 18.0 Å². The maximum atomic E-state index is 13.0. The number of methoxy groups -OCH3 is 1. The predicted octanol–water partition coefficient (Wildman–Crippen LogP) is 3.91. The Labute approximate surface area is 155 Å². The van der Waals surface area contributed by atoms with Crippen LogP contribution >= 0.6 is 11.8 Å². The van der Waals surface area contributed by atoms with Crippen LogP contribution in [-0.2, 0) is 11.3 Å². The summed E-state index contributed by atoms with van der Waals surface area (Å²) in [5.74, 6) is -0.283. The second kappa shape index (κ2) is 9.13. The molecule has 2 rings (SSSR count). The molecule has 6 nitrogen and oxygen atoms in total. The van der Waals surface area contributed by atoms with Crippen molar-refractivity contribution in [3.05, 3.63) is 35.2 Å². The van der Waals surface area contributed by atoms with E-state index in [0.29, 0.717) is 16.9 Å². The highest BCUT2D eigenvalue weighted by atomic mass is 32.2. The van der Waals surface area contributed by atoms with Crippen LogP contribution in [0.25, 0.3) is 0 Å². The van der Waals surface area contributed by atoms with Crippen LogP contribution in [0.4, 0.5) is 22.0 Å². The number of rotatable bonds is 8. The molecule has 0 N–H and O–H groups in total. The molecule has 0 unspecified atom stereocenters. The van der Waals surface area contributed by atoms with Gasteiger partial charge in [0.2, 0.25) is 11.0 Å². The summed E-state index contributed by atoms with van der Waals surface area (Å²) >= 11 is 1.09. The number of benzene rings is 1. The molecule has 1 aromatic heterocycles. The van der Waals surface area contributed by atoms with E-state index in [1.165, 1.54) is 25.5 Å². The molecule has 0 saturated heterocycles. The molecule has 27 heavy (non-hydrogen) atoms. The maximum absolute atomic E-state index is 13.0. The molecule has 0 aliphatic carbocycles. The van der Waals surface area contributed by atoms with E-state index in [-0.39, 0.29) is 11.8 Å². The molecule has 0 amide bonds. The van der Waals surface area contributed by atoms with Crippen LogP contribution in [0.3, 0.4) is 0 Å². The van der Waals surface area contributed by atoms with E-state index in [4.69, 9.17) is 4.74 Å². The highest BCUT2D eigenvalue weighted by Crippen LogP contribution is 2.24. The second-order valence-electron chi connectivity index (χ2n) is 5.08. The van der Waals surface area contributed by atoms with Gasteiger partial charge in [-0.15, -0.1) is 10.2 Å². The lowest BCUT2D eigenvalue weighted by atomic mass is 10.1. The third-order valence-electron chi connectivity index (χ3n) is 3.16. The Kier molecular flexibility index (Phi) is 7.13. The van der Waals surface area contributed by atoms with E-state index in [1.54, 1.807) is 12.3 Å². The van der Waals surface area contributed by atoms with Gasteiger partial charge in [0.1, 0.15) is 12.4 Å². The summed E-state index contributed by atoms with van der Waals surface area (Å²) in [5.41, 5.74) is 0.802. The van der Waals surface area contributed by atoms with Gasteiger partial charge in [0, 0.05) is 5.56 Å². The Bertz CT molecular complexity index is 795. The Morgan fingerprint density at radius 3 is 2.63 bits per heavy atom. The fourth-order valence-electron chi connectivity index (χ4n) is 2.04. The number of hydrogen-bond acceptors (Lipinski definition) is 6. The van der Waals surface area contributed by atoms with Crippen molar-refractivity contribution in [3.8, 4) is 5.75 Å². The predicted molar refractivity (Wildman–Crippen MR) is 88.5 cm³/mol. The molecule has 0 aliphatic heterocycles. The molecule has 2 aromatic rings. The first kappa shape index (κ1) is 21.1. The third kappa shape index (κ3) is 5.89. The molecule has 0 bridgehead atoms. The monoisotopic (exact) mass is 410 g/mol. The standard InChI is InChI=1S/C15H15F5N4O2S/c1-25-11-4-3-9(5-10(11)7-26-8-15(18,19)20)6-21-24-13(12(16)17)22-23-14(24)27-2/h3-6,12H,7-8H2,1-2H3/b21-6-. The van der Waals surface area contributed by atoms with Gasteiger partial charge < -0.3 is 9.47 Å². The lowest BCUT2D eigenvalue weighted by Gasteiger charge is -2.11. The van der Waals surface area contributed by atoms with Gasteiger partial charge in [-0.2, -0.15) is 22.9 Å². The third-order valence-corrected chi connectivity index (χ3v) is 3.78. The normalized spacial score (nSPS) is 12.3. The largest absolute Gasteiger partial charge is 0.496 e. The number of nitrogens with zero attached hydrogens (tertiary/aromatic N) is 4. The topological polar surface area (TPSA) is 61.5 Å². The van der Waals surface area contributed by atoms with Gasteiger partial charge in [0.25, 0.3) is 6.43 Å². The number of aromatic nitrogens is 3. The fourth-order valence-corrected chi connectivity index (χ4v) is 2.48. The minimum Gasteiger partial charge on any atom is -0.496 e. The van der Waals surface area contributed by atoms with E-state index >= 15 is 0 Å². The van der Waals surface area contributed by atoms with Crippen molar-refractivity contribution in [2.75, 3.05) is 20.0 Å². The highest BCUT2D eigenvalue weighted by molar-refractivity contribution is 7.98. The second-order valence-corrected chi connectivity index (χ2v) is 5.85. The minimum absolute atomic E-state index is 0.170. The van der Waals surface area contributed by atoms with Crippen LogP contribution in [0.15, 0.2) is 28.5 Å². The van der Waals surface area contributed by atoms with Gasteiger partial charge in [-0.25, -0.2) is 8.78 Å². The summed E-state index contributed by atoms with van der Waals surface area (Å²) in [5, 5.41) is 11.1. The quantitative estimate of drug-likeness (QED) is 0.375. The SMILES string of the molecule is COc1ccc(/C=N\n2c(SC)nnc2C(F)F)cc1COCC(F)(F)F. The molecule has 1 aromatic carbocycles. The van der Waals surface area contributed by atoms with E-state index in [1.807, 2.05) is 0 Å². The summed E-state index contributed by atoms with van der Waals surface area (Å²) in [4.78, 5) is 0. The molecule has 148 valence electrons. The Morgan fingerprint density at radius 2 is 2.04 bits per heavy atom. The minimum atomic E-state index is -4.44. The molecule has 12 heteroatoms. The average Bonchev–Trinajstić information content (AvgIpc) is 3.02. The number of alkyl halides is 5. The van der Waals surface area contributed by atoms with Crippen molar-refractivity contribution in [2.24, 2.45) is 5.10 Å². The first-order valence-electron chi connectivity index (χ1n) is 7.38. The molecule has 1 heterocycles. The van der Waals surface area contributed by atoms with Gasteiger partial charge in [0.05, 0.1) is 19.9 Å². The summed E-state index contributed by atoms with van der Waals surface area (Å²) < 4.78 is 73.2.